The van der Waals surface area contributed by atoms with Crippen LogP contribution in [0.2, 0.25) is 0 Å². The third-order valence-electron chi connectivity index (χ3n) is 4.02. The van der Waals surface area contributed by atoms with Gasteiger partial charge in [-0.1, -0.05) is 18.2 Å². The number of hydrogen-bond acceptors (Lipinski definition) is 5. The predicted molar refractivity (Wildman–Crippen MR) is 113 cm³/mol. The number of amides is 1. The number of fused-ring (bicyclic) bond motifs is 1. The summed E-state index contributed by atoms with van der Waals surface area (Å²) in [6.45, 7) is 1.99. The van der Waals surface area contributed by atoms with Gasteiger partial charge in [0.25, 0.3) is 0 Å². The minimum Gasteiger partial charge on any atom is -0.325 e. The molecule has 0 atom stereocenters. The van der Waals surface area contributed by atoms with Crippen molar-refractivity contribution in [2.45, 2.75) is 12.7 Å². The second-order valence-electron chi connectivity index (χ2n) is 6.05. The third kappa shape index (κ3) is 4.20. The average molecular weight is 395 g/mol. The van der Waals surface area contributed by atoms with Crippen molar-refractivity contribution < 1.29 is 4.79 Å². The number of carbonyl (C=O) groups excluding carboxylic acids is 1. The first kappa shape index (κ1) is 17.8. The van der Waals surface area contributed by atoms with Gasteiger partial charge in [-0.05, 0) is 37.3 Å². The molecule has 0 aliphatic rings. The molecule has 136 valence electrons. The molecule has 0 aliphatic carbocycles. The third-order valence-corrected chi connectivity index (χ3v) is 5.80. The van der Waals surface area contributed by atoms with Gasteiger partial charge in [-0.15, -0.1) is 23.1 Å². The zero-order valence-electron chi connectivity index (χ0n) is 14.8. The van der Waals surface area contributed by atoms with Crippen molar-refractivity contribution in [3.63, 3.8) is 0 Å². The smallest absolute Gasteiger partial charge is 0.234 e. The lowest BCUT2D eigenvalue weighted by molar-refractivity contribution is -0.113. The Balaban J connectivity index is 1.40. The number of rotatable bonds is 6. The molecule has 0 saturated carbocycles. The maximum Gasteiger partial charge on any atom is 0.234 e. The Morgan fingerprint density at radius 1 is 1.22 bits per heavy atom. The summed E-state index contributed by atoms with van der Waals surface area (Å²) in [5, 5.41) is 6.04. The first-order valence-electron chi connectivity index (χ1n) is 8.50. The molecule has 1 N–H and O–H groups in total. The van der Waals surface area contributed by atoms with Crippen LogP contribution in [0.4, 0.5) is 5.69 Å². The number of nitrogens with zero attached hydrogens (tertiary/aromatic N) is 3. The van der Waals surface area contributed by atoms with E-state index in [1.165, 1.54) is 0 Å². The van der Waals surface area contributed by atoms with E-state index in [0.29, 0.717) is 5.75 Å². The van der Waals surface area contributed by atoms with Crippen LogP contribution < -0.4 is 5.32 Å². The first-order valence-corrected chi connectivity index (χ1v) is 10.5. The number of aryl methyl sites for hydroxylation is 1. The molecule has 0 spiro atoms. The molecular formula is C20H18N4OS2. The first-order chi connectivity index (χ1) is 13.2. The summed E-state index contributed by atoms with van der Waals surface area (Å²) >= 11 is 3.20. The second-order valence-corrected chi connectivity index (χ2v) is 8.10. The van der Waals surface area contributed by atoms with Crippen molar-refractivity contribution in [1.82, 2.24) is 14.5 Å². The van der Waals surface area contributed by atoms with Crippen LogP contribution in [0, 0.1) is 6.92 Å². The molecule has 2 aromatic heterocycles. The fourth-order valence-electron chi connectivity index (χ4n) is 2.80. The number of thioether (sulfide) groups is 1. The van der Waals surface area contributed by atoms with Gasteiger partial charge in [-0.3, -0.25) is 9.36 Å². The van der Waals surface area contributed by atoms with E-state index >= 15 is 0 Å². The Hall–Kier alpha value is -2.64. The normalized spacial score (nSPS) is 11.0. The monoisotopic (exact) mass is 394 g/mol. The zero-order chi connectivity index (χ0) is 18.6. The van der Waals surface area contributed by atoms with Crippen molar-refractivity contribution in [3.8, 4) is 5.69 Å². The van der Waals surface area contributed by atoms with E-state index in [-0.39, 0.29) is 5.91 Å². The van der Waals surface area contributed by atoms with Crippen LogP contribution in [-0.2, 0) is 10.5 Å². The molecule has 0 aliphatic heterocycles. The quantitative estimate of drug-likeness (QED) is 0.517. The van der Waals surface area contributed by atoms with E-state index in [9.17, 15) is 4.79 Å². The van der Waals surface area contributed by atoms with Crippen molar-refractivity contribution in [2.24, 2.45) is 0 Å². The number of para-hydroxylation sites is 1. The van der Waals surface area contributed by atoms with E-state index in [1.54, 1.807) is 29.4 Å². The van der Waals surface area contributed by atoms with Gasteiger partial charge in [0.1, 0.15) is 6.33 Å². The topological polar surface area (TPSA) is 59.8 Å². The van der Waals surface area contributed by atoms with Gasteiger partial charge in [0.05, 0.1) is 27.5 Å². The molecule has 4 rings (SSSR count). The van der Waals surface area contributed by atoms with E-state index in [2.05, 4.69) is 15.3 Å². The van der Waals surface area contributed by atoms with Crippen molar-refractivity contribution in [3.05, 3.63) is 70.9 Å². The molecule has 0 bridgehead atoms. The summed E-state index contributed by atoms with van der Waals surface area (Å²) < 4.78 is 2.03. The molecule has 4 aromatic rings. The number of nitrogens with one attached hydrogen (secondary N) is 1. The highest BCUT2D eigenvalue weighted by Crippen LogP contribution is 2.22. The maximum atomic E-state index is 12.2. The molecular weight excluding hydrogens is 376 g/mol. The summed E-state index contributed by atoms with van der Waals surface area (Å²) in [6, 6.07) is 15.9. The van der Waals surface area contributed by atoms with Gasteiger partial charge in [0.15, 0.2) is 0 Å². The molecule has 2 aromatic carbocycles. The van der Waals surface area contributed by atoms with Gasteiger partial charge in [-0.25, -0.2) is 9.97 Å². The lowest BCUT2D eigenvalue weighted by Crippen LogP contribution is -2.14. The van der Waals surface area contributed by atoms with Gasteiger partial charge < -0.3 is 5.32 Å². The lowest BCUT2D eigenvalue weighted by atomic mass is 10.2. The van der Waals surface area contributed by atoms with Crippen molar-refractivity contribution >= 4 is 45.7 Å². The fourth-order valence-corrected chi connectivity index (χ4v) is 4.24. The van der Waals surface area contributed by atoms with E-state index in [0.717, 1.165) is 38.9 Å². The van der Waals surface area contributed by atoms with Crippen LogP contribution in [0.25, 0.3) is 16.7 Å². The standard InChI is InChI=1S/C20H18N4OS2/c1-14-22-16(11-27-14)10-26-12-20(25)23-15-7-8-19-18(9-15)21-13-24(19)17-5-3-2-4-6-17/h2-9,11,13H,10,12H2,1H3,(H,23,25). The molecule has 2 heterocycles. The summed E-state index contributed by atoms with van der Waals surface area (Å²) in [4.78, 5) is 21.1. The highest BCUT2D eigenvalue weighted by Gasteiger charge is 2.08. The summed E-state index contributed by atoms with van der Waals surface area (Å²) in [5.74, 6) is 1.12. The van der Waals surface area contributed by atoms with Crippen LogP contribution in [0.1, 0.15) is 10.7 Å². The summed E-state index contributed by atoms with van der Waals surface area (Å²) in [5.41, 5.74) is 4.71. The molecule has 0 saturated heterocycles. The predicted octanol–water partition coefficient (Wildman–Crippen LogP) is 4.66. The Morgan fingerprint density at radius 3 is 2.85 bits per heavy atom. The lowest BCUT2D eigenvalue weighted by Gasteiger charge is -2.06. The number of imidazole rings is 1. The highest BCUT2D eigenvalue weighted by molar-refractivity contribution is 7.99. The number of anilines is 1. The fraction of sp³-hybridized carbons (Fsp3) is 0.150. The van der Waals surface area contributed by atoms with E-state index in [4.69, 9.17) is 0 Å². The van der Waals surface area contributed by atoms with Crippen LogP contribution in [0.15, 0.2) is 60.2 Å². The largest absolute Gasteiger partial charge is 0.325 e. The number of thiazole rings is 1. The molecule has 1 amide bonds. The molecule has 7 heteroatoms. The number of carbonyl (C=O) groups is 1. The van der Waals surface area contributed by atoms with Crippen LogP contribution in [0.3, 0.4) is 0 Å². The van der Waals surface area contributed by atoms with E-state index in [1.807, 2.05) is 65.4 Å². The van der Waals surface area contributed by atoms with Gasteiger partial charge >= 0.3 is 0 Å². The molecule has 0 unspecified atom stereocenters. The molecule has 27 heavy (non-hydrogen) atoms. The number of benzene rings is 2. The van der Waals surface area contributed by atoms with Gasteiger partial charge in [-0.2, -0.15) is 0 Å². The average Bonchev–Trinajstić information content (AvgIpc) is 3.28. The molecule has 0 fully saturated rings. The SMILES string of the molecule is Cc1nc(CSCC(=O)Nc2ccc3c(c2)ncn3-c2ccccc2)cs1. The number of hydrogen-bond donors (Lipinski definition) is 1. The van der Waals surface area contributed by atoms with Crippen LogP contribution >= 0.6 is 23.1 Å². The Labute approximate surface area is 165 Å². The van der Waals surface area contributed by atoms with Gasteiger partial charge in [0, 0.05) is 22.5 Å². The highest BCUT2D eigenvalue weighted by atomic mass is 32.2. The minimum atomic E-state index is -0.0196. The summed E-state index contributed by atoms with van der Waals surface area (Å²) in [7, 11) is 0. The number of aromatic nitrogens is 3. The van der Waals surface area contributed by atoms with Crippen molar-refractivity contribution in [2.75, 3.05) is 11.1 Å². The zero-order valence-corrected chi connectivity index (χ0v) is 16.4. The van der Waals surface area contributed by atoms with E-state index < -0.39 is 0 Å². The Kier molecular flexibility index (Phi) is 5.22. The Morgan fingerprint density at radius 2 is 2.07 bits per heavy atom. The maximum absolute atomic E-state index is 12.2. The van der Waals surface area contributed by atoms with Crippen molar-refractivity contribution in [1.29, 1.82) is 0 Å². The molecule has 0 radical (unpaired) electrons. The second kappa shape index (κ2) is 7.94. The molecule has 5 nitrogen and oxygen atoms in total. The van der Waals surface area contributed by atoms with Crippen LogP contribution in [-0.4, -0.2) is 26.2 Å². The minimum absolute atomic E-state index is 0.0196. The Bertz CT molecular complexity index is 1070. The van der Waals surface area contributed by atoms with Gasteiger partial charge in [0.2, 0.25) is 5.91 Å². The van der Waals surface area contributed by atoms with Crippen LogP contribution in [0.5, 0.6) is 0 Å². The summed E-state index contributed by atoms with van der Waals surface area (Å²) in [6.07, 6.45) is 1.80.